The molecule has 1 aromatic rings. The molecule has 0 saturated carbocycles. The van der Waals surface area contributed by atoms with Crippen molar-refractivity contribution in [3.8, 4) is 0 Å². The molecule has 1 aliphatic rings. The number of rotatable bonds is 5. The van der Waals surface area contributed by atoms with Crippen LogP contribution in [0.4, 0.5) is 17.5 Å². The molecule has 19 heavy (non-hydrogen) atoms. The van der Waals surface area contributed by atoms with E-state index in [1.165, 1.54) is 6.20 Å². The molecule has 0 bridgehead atoms. The zero-order chi connectivity index (χ0) is 13.8. The third-order valence-electron chi connectivity index (χ3n) is 3.16. The molecule has 1 fully saturated rings. The Labute approximate surface area is 110 Å². The van der Waals surface area contributed by atoms with Crippen LogP contribution in [0, 0.1) is 16.0 Å². The van der Waals surface area contributed by atoms with Crippen LogP contribution in [0.3, 0.4) is 0 Å². The fourth-order valence-corrected chi connectivity index (χ4v) is 2.25. The minimum absolute atomic E-state index is 0.0583. The number of anilines is 2. The molecular weight excluding hydrogens is 250 g/mol. The first-order chi connectivity index (χ1) is 9.15. The zero-order valence-corrected chi connectivity index (χ0v) is 11.0. The second-order valence-corrected chi connectivity index (χ2v) is 4.47. The van der Waals surface area contributed by atoms with E-state index in [4.69, 9.17) is 4.74 Å². The number of methoxy groups -OCH3 is 1. The minimum Gasteiger partial charge on any atom is -0.384 e. The first kappa shape index (κ1) is 13.5. The van der Waals surface area contributed by atoms with Crippen molar-refractivity contribution in [2.45, 2.75) is 6.42 Å². The van der Waals surface area contributed by atoms with Gasteiger partial charge in [-0.3, -0.25) is 10.1 Å². The molecule has 2 rings (SSSR count). The van der Waals surface area contributed by atoms with Gasteiger partial charge in [-0.05, 0) is 6.42 Å². The zero-order valence-electron chi connectivity index (χ0n) is 11.0. The van der Waals surface area contributed by atoms with Gasteiger partial charge in [-0.15, -0.1) is 0 Å². The van der Waals surface area contributed by atoms with Crippen molar-refractivity contribution in [3.63, 3.8) is 0 Å². The van der Waals surface area contributed by atoms with Gasteiger partial charge in [-0.25, -0.2) is 4.98 Å². The molecule has 104 valence electrons. The van der Waals surface area contributed by atoms with Crippen LogP contribution < -0.4 is 10.2 Å². The average Bonchev–Trinajstić information content (AvgIpc) is 2.87. The third-order valence-corrected chi connectivity index (χ3v) is 3.16. The SMILES string of the molecule is CNc1ncc([N+](=O)[O-])c(N2CCC(COC)C2)n1. The van der Waals surface area contributed by atoms with Crippen LogP contribution in [-0.4, -0.2) is 48.7 Å². The molecule has 8 heteroatoms. The number of nitrogens with one attached hydrogen (secondary N) is 1. The molecule has 1 N–H and O–H groups in total. The first-order valence-corrected chi connectivity index (χ1v) is 6.08. The molecule has 1 aromatic heterocycles. The highest BCUT2D eigenvalue weighted by Gasteiger charge is 2.29. The topological polar surface area (TPSA) is 93.4 Å². The second-order valence-electron chi connectivity index (χ2n) is 4.47. The molecule has 1 saturated heterocycles. The van der Waals surface area contributed by atoms with Crippen molar-refractivity contribution in [2.75, 3.05) is 44.1 Å². The average molecular weight is 267 g/mol. The molecule has 8 nitrogen and oxygen atoms in total. The van der Waals surface area contributed by atoms with Gasteiger partial charge >= 0.3 is 5.69 Å². The molecule has 1 atom stereocenters. The van der Waals surface area contributed by atoms with Crippen molar-refractivity contribution >= 4 is 17.5 Å². The summed E-state index contributed by atoms with van der Waals surface area (Å²) in [7, 11) is 3.34. The maximum Gasteiger partial charge on any atom is 0.329 e. The van der Waals surface area contributed by atoms with E-state index in [1.807, 2.05) is 4.90 Å². The molecular formula is C11H17N5O3. The summed E-state index contributed by atoms with van der Waals surface area (Å²) >= 11 is 0. The quantitative estimate of drug-likeness (QED) is 0.625. The van der Waals surface area contributed by atoms with Crippen LogP contribution in [0.2, 0.25) is 0 Å². The minimum atomic E-state index is -0.446. The number of aromatic nitrogens is 2. The van der Waals surface area contributed by atoms with Gasteiger partial charge in [0.1, 0.15) is 6.20 Å². The van der Waals surface area contributed by atoms with E-state index < -0.39 is 4.92 Å². The lowest BCUT2D eigenvalue weighted by molar-refractivity contribution is -0.384. The van der Waals surface area contributed by atoms with E-state index in [1.54, 1.807) is 14.2 Å². The summed E-state index contributed by atoms with van der Waals surface area (Å²) in [5.41, 5.74) is -0.0583. The number of nitrogens with zero attached hydrogens (tertiary/aromatic N) is 4. The molecule has 0 radical (unpaired) electrons. The fraction of sp³-hybridized carbons (Fsp3) is 0.636. The summed E-state index contributed by atoms with van der Waals surface area (Å²) in [5, 5.41) is 13.8. The van der Waals surface area contributed by atoms with E-state index in [-0.39, 0.29) is 5.69 Å². The lowest BCUT2D eigenvalue weighted by Crippen LogP contribution is -2.23. The highest BCUT2D eigenvalue weighted by molar-refractivity contribution is 5.59. The predicted octanol–water partition coefficient (Wildman–Crippen LogP) is 0.899. The lowest BCUT2D eigenvalue weighted by Gasteiger charge is -2.17. The van der Waals surface area contributed by atoms with Crippen LogP contribution in [0.15, 0.2) is 6.20 Å². The smallest absolute Gasteiger partial charge is 0.329 e. The largest absolute Gasteiger partial charge is 0.384 e. The lowest BCUT2D eigenvalue weighted by atomic mass is 10.1. The van der Waals surface area contributed by atoms with E-state index >= 15 is 0 Å². The Bertz CT molecular complexity index is 468. The molecule has 0 aromatic carbocycles. The third kappa shape index (κ3) is 2.90. The van der Waals surface area contributed by atoms with Gasteiger partial charge < -0.3 is 15.0 Å². The van der Waals surface area contributed by atoms with Gasteiger partial charge in [-0.1, -0.05) is 0 Å². The number of nitro groups is 1. The van der Waals surface area contributed by atoms with Gasteiger partial charge in [0, 0.05) is 33.2 Å². The van der Waals surface area contributed by atoms with E-state index in [0.717, 1.165) is 19.5 Å². The van der Waals surface area contributed by atoms with Gasteiger partial charge in [0.2, 0.25) is 11.8 Å². The van der Waals surface area contributed by atoms with Gasteiger partial charge in [0.05, 0.1) is 11.5 Å². The van der Waals surface area contributed by atoms with Crippen molar-refractivity contribution in [3.05, 3.63) is 16.3 Å². The predicted molar refractivity (Wildman–Crippen MR) is 70.4 cm³/mol. The molecule has 0 spiro atoms. The Morgan fingerprint density at radius 2 is 2.47 bits per heavy atom. The Hall–Kier alpha value is -1.96. The summed E-state index contributed by atoms with van der Waals surface area (Å²) in [5.74, 6) is 1.15. The Balaban J connectivity index is 2.25. The summed E-state index contributed by atoms with van der Waals surface area (Å²) < 4.78 is 5.13. The van der Waals surface area contributed by atoms with E-state index in [2.05, 4.69) is 15.3 Å². The monoisotopic (exact) mass is 267 g/mol. The highest BCUT2D eigenvalue weighted by atomic mass is 16.6. The summed E-state index contributed by atoms with van der Waals surface area (Å²) in [4.78, 5) is 20.6. The standard InChI is InChI=1S/C11H17N5O3/c1-12-11-13-5-9(16(17)18)10(14-11)15-4-3-8(6-15)7-19-2/h5,8H,3-4,6-7H2,1-2H3,(H,12,13,14). The Morgan fingerprint density at radius 1 is 1.68 bits per heavy atom. The molecule has 1 aliphatic heterocycles. The normalized spacial score (nSPS) is 18.6. The molecule has 1 unspecified atom stereocenters. The van der Waals surface area contributed by atoms with Crippen molar-refractivity contribution in [1.29, 1.82) is 0 Å². The highest BCUT2D eigenvalue weighted by Crippen LogP contribution is 2.30. The summed E-state index contributed by atoms with van der Waals surface area (Å²) in [6, 6.07) is 0. The maximum atomic E-state index is 11.0. The van der Waals surface area contributed by atoms with Gasteiger partial charge in [0.15, 0.2) is 0 Å². The van der Waals surface area contributed by atoms with Crippen LogP contribution in [0.1, 0.15) is 6.42 Å². The van der Waals surface area contributed by atoms with Gasteiger partial charge in [0.25, 0.3) is 0 Å². The molecule has 0 amide bonds. The maximum absolute atomic E-state index is 11.0. The molecule has 0 aliphatic carbocycles. The Morgan fingerprint density at radius 3 is 3.11 bits per heavy atom. The number of hydrogen-bond donors (Lipinski definition) is 1. The van der Waals surface area contributed by atoms with E-state index in [9.17, 15) is 10.1 Å². The van der Waals surface area contributed by atoms with Crippen LogP contribution in [0.5, 0.6) is 0 Å². The molecule has 2 heterocycles. The Kier molecular flexibility index (Phi) is 4.10. The van der Waals surface area contributed by atoms with Crippen LogP contribution >= 0.6 is 0 Å². The number of hydrogen-bond acceptors (Lipinski definition) is 7. The summed E-state index contributed by atoms with van der Waals surface area (Å²) in [6.07, 6.45) is 2.20. The van der Waals surface area contributed by atoms with Crippen molar-refractivity contribution < 1.29 is 9.66 Å². The second kappa shape index (κ2) is 5.79. The van der Waals surface area contributed by atoms with Crippen molar-refractivity contribution in [1.82, 2.24) is 9.97 Å². The first-order valence-electron chi connectivity index (χ1n) is 6.08. The van der Waals surface area contributed by atoms with Crippen LogP contribution in [-0.2, 0) is 4.74 Å². The van der Waals surface area contributed by atoms with Crippen molar-refractivity contribution in [2.24, 2.45) is 5.92 Å². The fourth-order valence-electron chi connectivity index (χ4n) is 2.25. The van der Waals surface area contributed by atoms with Gasteiger partial charge in [-0.2, -0.15) is 4.98 Å². The van der Waals surface area contributed by atoms with Crippen LogP contribution in [0.25, 0.3) is 0 Å². The number of ether oxygens (including phenoxy) is 1. The van der Waals surface area contributed by atoms with E-state index in [0.29, 0.717) is 24.3 Å². The summed E-state index contributed by atoms with van der Waals surface area (Å²) in [6.45, 7) is 2.12.